The molecule has 0 aromatic heterocycles. The molecule has 1 aliphatic heterocycles. The minimum atomic E-state index is -0.922. The highest BCUT2D eigenvalue weighted by Crippen LogP contribution is 2.41. The van der Waals surface area contributed by atoms with E-state index in [0.717, 1.165) is 41.9 Å². The first-order chi connectivity index (χ1) is 10.2. The minimum Gasteiger partial charge on any atom is -0.480 e. The first-order valence-electron chi connectivity index (χ1n) is 7.41. The van der Waals surface area contributed by atoms with Gasteiger partial charge in [-0.15, -0.1) is 11.8 Å². The lowest BCUT2D eigenvalue weighted by Gasteiger charge is -2.30. The fourth-order valence-electron chi connectivity index (χ4n) is 3.32. The van der Waals surface area contributed by atoms with Crippen LogP contribution < -0.4 is 0 Å². The Morgan fingerprint density at radius 2 is 1.95 bits per heavy atom. The number of carboxylic acid groups (broad SMARTS) is 1. The molecule has 5 heteroatoms. The Morgan fingerprint density at radius 1 is 1.24 bits per heavy atom. The van der Waals surface area contributed by atoms with Gasteiger partial charge in [0.2, 0.25) is 5.91 Å². The third kappa shape index (κ3) is 2.93. The first-order valence-corrected chi connectivity index (χ1v) is 8.39. The lowest BCUT2D eigenvalue weighted by atomic mass is 9.98. The highest BCUT2D eigenvalue weighted by Gasteiger charge is 2.36. The smallest absolute Gasteiger partial charge is 0.323 e. The quantitative estimate of drug-likeness (QED) is 0.929. The monoisotopic (exact) mass is 305 g/mol. The van der Waals surface area contributed by atoms with Gasteiger partial charge in [-0.2, -0.15) is 0 Å². The van der Waals surface area contributed by atoms with Crippen LogP contribution in [0.4, 0.5) is 0 Å². The maximum absolute atomic E-state index is 12.9. The van der Waals surface area contributed by atoms with E-state index >= 15 is 0 Å². The van der Waals surface area contributed by atoms with Gasteiger partial charge in [0.25, 0.3) is 0 Å². The van der Waals surface area contributed by atoms with Crippen molar-refractivity contribution in [2.45, 2.75) is 42.5 Å². The fraction of sp³-hybridized carbons (Fsp3) is 0.500. The van der Waals surface area contributed by atoms with Gasteiger partial charge in [0.05, 0.1) is 5.92 Å². The number of thioether (sulfide) groups is 1. The molecule has 1 aromatic carbocycles. The number of amides is 1. The summed E-state index contributed by atoms with van der Waals surface area (Å²) < 4.78 is 0. The zero-order valence-electron chi connectivity index (χ0n) is 11.8. The van der Waals surface area contributed by atoms with Crippen molar-refractivity contribution in [1.29, 1.82) is 0 Å². The molecular weight excluding hydrogens is 286 g/mol. The summed E-state index contributed by atoms with van der Waals surface area (Å²) >= 11 is 1.69. The topological polar surface area (TPSA) is 57.6 Å². The average molecular weight is 305 g/mol. The number of hydrogen-bond donors (Lipinski definition) is 1. The van der Waals surface area contributed by atoms with Gasteiger partial charge in [-0.25, -0.2) is 0 Å². The van der Waals surface area contributed by atoms with Crippen molar-refractivity contribution in [2.75, 3.05) is 12.3 Å². The van der Waals surface area contributed by atoms with Crippen molar-refractivity contribution in [2.24, 2.45) is 0 Å². The van der Waals surface area contributed by atoms with Crippen LogP contribution in [0, 0.1) is 0 Å². The molecule has 1 atom stereocenters. The molecule has 0 spiro atoms. The van der Waals surface area contributed by atoms with Crippen LogP contribution in [0.5, 0.6) is 0 Å². The molecule has 0 radical (unpaired) electrons. The Bertz CT molecular complexity index is 554. The van der Waals surface area contributed by atoms with E-state index in [2.05, 4.69) is 0 Å². The van der Waals surface area contributed by atoms with Gasteiger partial charge in [-0.05, 0) is 24.5 Å². The van der Waals surface area contributed by atoms with Gasteiger partial charge in [-0.1, -0.05) is 31.0 Å². The molecule has 1 saturated carbocycles. The van der Waals surface area contributed by atoms with Gasteiger partial charge in [0.1, 0.15) is 6.54 Å². The zero-order chi connectivity index (χ0) is 14.8. The van der Waals surface area contributed by atoms with E-state index in [1.807, 2.05) is 24.3 Å². The number of carbonyl (C=O) groups is 2. The molecule has 0 bridgehead atoms. The van der Waals surface area contributed by atoms with E-state index in [9.17, 15) is 9.59 Å². The molecule has 1 amide bonds. The maximum Gasteiger partial charge on any atom is 0.323 e. The minimum absolute atomic E-state index is 0.0123. The third-order valence-electron chi connectivity index (χ3n) is 4.35. The van der Waals surface area contributed by atoms with Crippen LogP contribution in [0.2, 0.25) is 0 Å². The predicted octanol–water partition coefficient (Wildman–Crippen LogP) is 2.73. The zero-order valence-corrected chi connectivity index (χ0v) is 12.6. The van der Waals surface area contributed by atoms with Crippen LogP contribution in [-0.4, -0.2) is 40.2 Å². The molecule has 2 aliphatic rings. The molecule has 1 aromatic rings. The van der Waals surface area contributed by atoms with E-state index in [-0.39, 0.29) is 24.4 Å². The molecule has 112 valence electrons. The van der Waals surface area contributed by atoms with Crippen LogP contribution in [0.15, 0.2) is 29.2 Å². The molecule has 1 fully saturated rings. The average Bonchev–Trinajstić information content (AvgIpc) is 3.13. The Labute approximate surface area is 128 Å². The van der Waals surface area contributed by atoms with Crippen LogP contribution in [0.1, 0.15) is 37.2 Å². The molecule has 1 N–H and O–H groups in total. The summed E-state index contributed by atoms with van der Waals surface area (Å²) in [4.78, 5) is 26.8. The van der Waals surface area contributed by atoms with Gasteiger partial charge in [-0.3, -0.25) is 9.59 Å². The molecule has 3 rings (SSSR count). The predicted molar refractivity (Wildman–Crippen MR) is 81.5 cm³/mol. The standard InChI is InChI=1S/C16H19NO3S/c18-15(19)9-17(11-5-1-2-6-11)16(20)13-10-21-14-8-4-3-7-12(13)14/h3-4,7-8,11,13H,1-2,5-6,9-10H2,(H,18,19). The molecule has 1 unspecified atom stereocenters. The van der Waals surface area contributed by atoms with Crippen molar-refractivity contribution in [3.05, 3.63) is 29.8 Å². The second-order valence-electron chi connectivity index (χ2n) is 5.70. The van der Waals surface area contributed by atoms with Gasteiger partial charge in [0.15, 0.2) is 0 Å². The SMILES string of the molecule is O=C(O)CN(C(=O)C1CSc2ccccc21)C1CCCC1. The number of benzene rings is 1. The lowest BCUT2D eigenvalue weighted by Crippen LogP contribution is -2.44. The Morgan fingerprint density at radius 3 is 2.67 bits per heavy atom. The fourth-order valence-corrected chi connectivity index (χ4v) is 4.54. The number of fused-ring (bicyclic) bond motifs is 1. The van der Waals surface area contributed by atoms with Gasteiger partial charge in [0, 0.05) is 16.7 Å². The molecule has 21 heavy (non-hydrogen) atoms. The maximum atomic E-state index is 12.9. The lowest BCUT2D eigenvalue weighted by molar-refractivity contribution is -0.146. The second-order valence-corrected chi connectivity index (χ2v) is 6.76. The van der Waals surface area contributed by atoms with Gasteiger partial charge >= 0.3 is 5.97 Å². The number of rotatable bonds is 4. The Kier molecular flexibility index (Phi) is 4.19. The highest BCUT2D eigenvalue weighted by molar-refractivity contribution is 7.99. The van der Waals surface area contributed by atoms with Crippen molar-refractivity contribution in [3.63, 3.8) is 0 Å². The van der Waals surface area contributed by atoms with Crippen molar-refractivity contribution in [3.8, 4) is 0 Å². The van der Waals surface area contributed by atoms with Crippen LogP contribution >= 0.6 is 11.8 Å². The summed E-state index contributed by atoms with van der Waals surface area (Å²) in [5.74, 6) is -0.400. The first kappa shape index (κ1) is 14.4. The van der Waals surface area contributed by atoms with Gasteiger partial charge < -0.3 is 10.0 Å². The molecule has 1 heterocycles. The summed E-state index contributed by atoms with van der Waals surface area (Å²) in [7, 11) is 0. The van der Waals surface area contributed by atoms with Crippen LogP contribution in [0.25, 0.3) is 0 Å². The van der Waals surface area contributed by atoms with Crippen LogP contribution in [0.3, 0.4) is 0 Å². The number of aliphatic carboxylic acids is 1. The van der Waals surface area contributed by atoms with E-state index in [4.69, 9.17) is 5.11 Å². The summed E-state index contributed by atoms with van der Waals surface area (Å²) in [5, 5.41) is 9.13. The Balaban J connectivity index is 1.82. The van der Waals surface area contributed by atoms with E-state index in [1.54, 1.807) is 16.7 Å². The Hall–Kier alpha value is -1.49. The van der Waals surface area contributed by atoms with Crippen molar-refractivity contribution >= 4 is 23.6 Å². The van der Waals surface area contributed by atoms with Crippen molar-refractivity contribution < 1.29 is 14.7 Å². The highest BCUT2D eigenvalue weighted by atomic mass is 32.2. The summed E-state index contributed by atoms with van der Waals surface area (Å²) in [6.45, 7) is -0.174. The summed E-state index contributed by atoms with van der Waals surface area (Å²) in [6.07, 6.45) is 4.04. The van der Waals surface area contributed by atoms with Crippen molar-refractivity contribution in [1.82, 2.24) is 4.90 Å². The number of hydrogen-bond acceptors (Lipinski definition) is 3. The van der Waals surface area contributed by atoms with E-state index < -0.39 is 5.97 Å². The normalized spacial score (nSPS) is 21.2. The number of carbonyl (C=O) groups excluding carboxylic acids is 1. The molecule has 1 aliphatic carbocycles. The second kappa shape index (κ2) is 6.10. The third-order valence-corrected chi connectivity index (χ3v) is 5.53. The van der Waals surface area contributed by atoms with Crippen LogP contribution in [-0.2, 0) is 9.59 Å². The number of carboxylic acids is 1. The summed E-state index contributed by atoms with van der Waals surface area (Å²) in [5.41, 5.74) is 1.06. The summed E-state index contributed by atoms with van der Waals surface area (Å²) in [6, 6.07) is 8.05. The molecule has 4 nitrogen and oxygen atoms in total. The molecule has 0 saturated heterocycles. The number of nitrogens with zero attached hydrogens (tertiary/aromatic N) is 1. The van der Waals surface area contributed by atoms with E-state index in [0.29, 0.717) is 0 Å². The largest absolute Gasteiger partial charge is 0.480 e. The van der Waals surface area contributed by atoms with E-state index in [1.165, 1.54) is 0 Å². The molecular formula is C16H19NO3S.